The third-order valence-corrected chi connectivity index (χ3v) is 6.52. The number of nitrogens with one attached hydrogen (secondary N) is 1. The number of ether oxygens (including phenoxy) is 1. The van der Waals surface area contributed by atoms with Crippen LogP contribution in [0, 0.1) is 0 Å². The highest BCUT2D eigenvalue weighted by atomic mass is 79.9. The number of fused-ring (bicyclic) bond motifs is 1. The molecule has 1 aliphatic rings. The summed E-state index contributed by atoms with van der Waals surface area (Å²) in [5.41, 5.74) is 2.48. The van der Waals surface area contributed by atoms with E-state index in [4.69, 9.17) is 4.74 Å². The number of rotatable bonds is 6. The summed E-state index contributed by atoms with van der Waals surface area (Å²) in [7, 11) is 1.60. The molecule has 32 heavy (non-hydrogen) atoms. The van der Waals surface area contributed by atoms with Gasteiger partial charge in [-0.05, 0) is 63.5 Å². The summed E-state index contributed by atoms with van der Waals surface area (Å²) in [6.45, 7) is 0.286. The number of para-hydroxylation sites is 1. The Morgan fingerprint density at radius 1 is 1.22 bits per heavy atom. The molecule has 1 aromatic heterocycles. The van der Waals surface area contributed by atoms with Gasteiger partial charge in [0.2, 0.25) is 5.91 Å². The van der Waals surface area contributed by atoms with E-state index in [9.17, 15) is 9.59 Å². The van der Waals surface area contributed by atoms with Gasteiger partial charge >= 0.3 is 0 Å². The van der Waals surface area contributed by atoms with E-state index in [-0.39, 0.29) is 18.4 Å². The largest absolute Gasteiger partial charge is 0.496 e. The Balaban J connectivity index is 1.56. The number of nitrogens with zero attached hydrogens (tertiary/aromatic N) is 2. The van der Waals surface area contributed by atoms with Gasteiger partial charge in [-0.3, -0.25) is 19.5 Å². The van der Waals surface area contributed by atoms with Gasteiger partial charge in [0.05, 0.1) is 22.2 Å². The van der Waals surface area contributed by atoms with Crippen LogP contribution >= 0.6 is 27.7 Å². The number of benzene rings is 2. The molecule has 2 aromatic carbocycles. The van der Waals surface area contributed by atoms with Gasteiger partial charge in [-0.1, -0.05) is 36.0 Å². The van der Waals surface area contributed by atoms with E-state index < -0.39 is 0 Å². The smallest absolute Gasteiger partial charge is 0.265 e. The monoisotopic (exact) mass is 509 g/mol. The van der Waals surface area contributed by atoms with Crippen LogP contribution in [0.5, 0.6) is 5.75 Å². The molecule has 162 valence electrons. The Hall–Kier alpha value is -3.10. The third-order valence-electron chi connectivity index (χ3n) is 4.82. The van der Waals surface area contributed by atoms with E-state index in [0.29, 0.717) is 17.2 Å². The highest BCUT2D eigenvalue weighted by molar-refractivity contribution is 9.10. The zero-order valence-corrected chi connectivity index (χ0v) is 19.7. The first-order valence-corrected chi connectivity index (χ1v) is 11.5. The van der Waals surface area contributed by atoms with E-state index in [1.165, 1.54) is 16.7 Å². The van der Waals surface area contributed by atoms with E-state index in [2.05, 4.69) is 26.2 Å². The Morgan fingerprint density at radius 3 is 2.81 bits per heavy atom. The molecule has 0 aliphatic carbocycles. The van der Waals surface area contributed by atoms with Gasteiger partial charge in [0.1, 0.15) is 12.3 Å². The standard InChI is InChI=1S/C24H20BrN3O3S/c1-31-20-9-8-16(11-18(20)25)12-22-24(30)28(19-6-2-3-7-21(19)32-22)15-23(29)27-14-17-5-4-10-26-13-17/h2-13H,14-15H2,1H3,(H,27,29)/b22-12-. The second-order valence-electron chi connectivity index (χ2n) is 7.00. The molecule has 0 spiro atoms. The molecule has 0 unspecified atom stereocenters. The summed E-state index contributed by atoms with van der Waals surface area (Å²) in [4.78, 5) is 33.0. The Bertz CT molecular complexity index is 1180. The predicted octanol–water partition coefficient (Wildman–Crippen LogP) is 4.65. The van der Waals surface area contributed by atoms with Gasteiger partial charge in [-0.15, -0.1) is 0 Å². The van der Waals surface area contributed by atoms with Gasteiger partial charge in [0, 0.05) is 23.8 Å². The first-order valence-electron chi connectivity index (χ1n) is 9.85. The fourth-order valence-corrected chi connectivity index (χ4v) is 4.86. The number of aromatic nitrogens is 1. The minimum absolute atomic E-state index is 0.0691. The first-order chi connectivity index (χ1) is 15.5. The van der Waals surface area contributed by atoms with Crippen molar-refractivity contribution in [3.8, 4) is 5.75 Å². The second kappa shape index (κ2) is 10.0. The molecule has 0 radical (unpaired) electrons. The Kier molecular flexibility index (Phi) is 6.92. The number of pyridine rings is 1. The average Bonchev–Trinajstić information content (AvgIpc) is 2.81. The molecule has 6 nitrogen and oxygen atoms in total. The van der Waals surface area contributed by atoms with Crippen molar-refractivity contribution >= 4 is 51.3 Å². The van der Waals surface area contributed by atoms with E-state index in [1.807, 2.05) is 60.7 Å². The van der Waals surface area contributed by atoms with Crippen LogP contribution in [0.15, 0.2) is 81.3 Å². The summed E-state index contributed by atoms with van der Waals surface area (Å²) in [5, 5.41) is 2.86. The molecule has 8 heteroatoms. The van der Waals surface area contributed by atoms with Crippen molar-refractivity contribution in [1.82, 2.24) is 10.3 Å². The maximum atomic E-state index is 13.3. The van der Waals surface area contributed by atoms with Gasteiger partial charge < -0.3 is 10.1 Å². The summed E-state index contributed by atoms with van der Waals surface area (Å²) in [6, 6.07) is 16.9. The number of carbonyl (C=O) groups is 2. The van der Waals surface area contributed by atoms with Crippen molar-refractivity contribution in [2.75, 3.05) is 18.6 Å². The lowest BCUT2D eigenvalue weighted by molar-refractivity contribution is -0.122. The van der Waals surface area contributed by atoms with Crippen molar-refractivity contribution in [3.05, 3.63) is 87.5 Å². The maximum absolute atomic E-state index is 13.3. The lowest BCUT2D eigenvalue weighted by atomic mass is 10.2. The van der Waals surface area contributed by atoms with E-state index in [0.717, 1.165) is 26.2 Å². The van der Waals surface area contributed by atoms with Crippen molar-refractivity contribution in [3.63, 3.8) is 0 Å². The van der Waals surface area contributed by atoms with Crippen LogP contribution in [0.4, 0.5) is 5.69 Å². The summed E-state index contributed by atoms with van der Waals surface area (Å²) in [5.74, 6) is 0.264. The van der Waals surface area contributed by atoms with Crippen LogP contribution < -0.4 is 15.0 Å². The minimum atomic E-state index is -0.240. The zero-order valence-electron chi connectivity index (χ0n) is 17.2. The molecular formula is C24H20BrN3O3S. The van der Waals surface area contributed by atoms with Crippen LogP contribution in [0.25, 0.3) is 6.08 Å². The summed E-state index contributed by atoms with van der Waals surface area (Å²) in [6.07, 6.45) is 5.21. The molecule has 0 bridgehead atoms. The number of hydrogen-bond acceptors (Lipinski definition) is 5. The van der Waals surface area contributed by atoms with Crippen molar-refractivity contribution in [2.24, 2.45) is 0 Å². The lowest BCUT2D eigenvalue weighted by Gasteiger charge is -2.29. The third kappa shape index (κ3) is 5.03. The quantitative estimate of drug-likeness (QED) is 0.489. The number of thioether (sulfide) groups is 1. The number of anilines is 1. The van der Waals surface area contributed by atoms with Crippen molar-refractivity contribution in [2.45, 2.75) is 11.4 Å². The summed E-state index contributed by atoms with van der Waals surface area (Å²) >= 11 is 4.88. The number of carbonyl (C=O) groups excluding carboxylic acids is 2. The lowest BCUT2D eigenvalue weighted by Crippen LogP contribution is -2.42. The topological polar surface area (TPSA) is 71.5 Å². The fourth-order valence-electron chi connectivity index (χ4n) is 3.25. The minimum Gasteiger partial charge on any atom is -0.496 e. The molecule has 1 N–H and O–H groups in total. The number of halogens is 1. The SMILES string of the molecule is COc1ccc(/C=C2\Sc3ccccc3N(CC(=O)NCc3cccnc3)C2=O)cc1Br. The van der Waals surface area contributed by atoms with Crippen LogP contribution in [0.2, 0.25) is 0 Å². The molecule has 1 aliphatic heterocycles. The predicted molar refractivity (Wildman–Crippen MR) is 129 cm³/mol. The highest BCUT2D eigenvalue weighted by Gasteiger charge is 2.30. The number of hydrogen-bond donors (Lipinski definition) is 1. The number of methoxy groups -OCH3 is 1. The molecular weight excluding hydrogens is 490 g/mol. The van der Waals surface area contributed by atoms with Crippen LogP contribution in [-0.4, -0.2) is 30.5 Å². The molecule has 0 atom stereocenters. The van der Waals surface area contributed by atoms with Crippen LogP contribution in [0.1, 0.15) is 11.1 Å². The molecule has 0 saturated heterocycles. The summed E-state index contributed by atoms with van der Waals surface area (Å²) < 4.78 is 6.08. The van der Waals surface area contributed by atoms with Gasteiger partial charge in [0.15, 0.2) is 0 Å². The van der Waals surface area contributed by atoms with Gasteiger partial charge in [0.25, 0.3) is 5.91 Å². The van der Waals surface area contributed by atoms with Gasteiger partial charge in [-0.25, -0.2) is 0 Å². The molecule has 2 amide bonds. The molecule has 0 fully saturated rings. The molecule has 2 heterocycles. The van der Waals surface area contributed by atoms with E-state index in [1.54, 1.807) is 19.5 Å². The maximum Gasteiger partial charge on any atom is 0.265 e. The average molecular weight is 510 g/mol. The van der Waals surface area contributed by atoms with Crippen molar-refractivity contribution < 1.29 is 14.3 Å². The Labute approximate surface area is 198 Å². The molecule has 4 rings (SSSR count). The van der Waals surface area contributed by atoms with Crippen molar-refractivity contribution in [1.29, 1.82) is 0 Å². The normalized spacial score (nSPS) is 14.2. The molecule has 0 saturated carbocycles. The van der Waals surface area contributed by atoms with Crippen LogP contribution in [-0.2, 0) is 16.1 Å². The van der Waals surface area contributed by atoms with E-state index >= 15 is 0 Å². The van der Waals surface area contributed by atoms with Gasteiger partial charge in [-0.2, -0.15) is 0 Å². The zero-order chi connectivity index (χ0) is 22.5. The highest BCUT2D eigenvalue weighted by Crippen LogP contribution is 2.42. The first kappa shape index (κ1) is 22.1. The van der Waals surface area contributed by atoms with Crippen LogP contribution in [0.3, 0.4) is 0 Å². The molecule has 3 aromatic rings. The Morgan fingerprint density at radius 2 is 2.06 bits per heavy atom. The second-order valence-corrected chi connectivity index (χ2v) is 8.94. The fraction of sp³-hybridized carbons (Fsp3) is 0.125. The number of amides is 2.